The van der Waals surface area contributed by atoms with Crippen LogP contribution in [0.3, 0.4) is 0 Å². The number of aromatic nitrogens is 1. The third kappa shape index (κ3) is 5.89. The van der Waals surface area contributed by atoms with Crippen molar-refractivity contribution in [2.75, 3.05) is 5.75 Å². The molecule has 188 valence electrons. The number of pyridine rings is 1. The molecule has 1 aromatic heterocycles. The molecular formula is C22H19N4NaO8S2. The van der Waals surface area contributed by atoms with Gasteiger partial charge in [0.1, 0.15) is 21.5 Å². The Labute approximate surface area is 237 Å². The molecule has 1 aromatic carbocycles. The Morgan fingerprint density at radius 1 is 1.16 bits per heavy atom. The summed E-state index contributed by atoms with van der Waals surface area (Å²) in [5, 5.41) is 11.3. The number of carboxylic acids is 1. The maximum absolute atomic E-state index is 12.9. The molecule has 3 amide bonds. The number of primary amides is 1. The van der Waals surface area contributed by atoms with Crippen LogP contribution in [0.4, 0.5) is 0 Å². The van der Waals surface area contributed by atoms with Gasteiger partial charge in [0, 0.05) is 23.5 Å². The van der Waals surface area contributed by atoms with Crippen molar-refractivity contribution in [2.45, 2.75) is 23.2 Å². The minimum Gasteiger partial charge on any atom is -0.747 e. The first-order valence-electron chi connectivity index (χ1n) is 10.5. The van der Waals surface area contributed by atoms with E-state index in [1.165, 1.54) is 48.8 Å². The molecule has 2 aliphatic rings. The van der Waals surface area contributed by atoms with E-state index in [-0.39, 0.29) is 58.7 Å². The number of aliphatic carboxylic acids is 1. The van der Waals surface area contributed by atoms with Gasteiger partial charge in [-0.05, 0) is 5.56 Å². The van der Waals surface area contributed by atoms with Gasteiger partial charge in [0.05, 0.1) is 17.2 Å². The van der Waals surface area contributed by atoms with Crippen LogP contribution < -0.4 is 50.3 Å². The zero-order chi connectivity index (χ0) is 26.2. The normalized spacial score (nSPS) is 19.7. The number of nitrogens with two attached hydrogens (primary N) is 1. The van der Waals surface area contributed by atoms with Crippen LogP contribution >= 0.6 is 11.8 Å². The Morgan fingerprint density at radius 3 is 2.32 bits per heavy atom. The second-order valence-electron chi connectivity index (χ2n) is 8.04. The van der Waals surface area contributed by atoms with Gasteiger partial charge in [0.25, 0.3) is 5.91 Å². The quantitative estimate of drug-likeness (QED) is 0.139. The summed E-state index contributed by atoms with van der Waals surface area (Å²) in [5.74, 6) is -4.00. The monoisotopic (exact) mass is 554 g/mol. The van der Waals surface area contributed by atoms with Gasteiger partial charge in [0.15, 0.2) is 24.2 Å². The van der Waals surface area contributed by atoms with Crippen LogP contribution in [0.15, 0.2) is 66.1 Å². The molecule has 3 N–H and O–H groups in total. The van der Waals surface area contributed by atoms with Crippen LogP contribution in [0.2, 0.25) is 0 Å². The number of β-lactam (4-membered cyclic amide) rings is 1. The number of hydrogen-bond acceptors (Lipinski definition) is 9. The van der Waals surface area contributed by atoms with Crippen LogP contribution in [0.1, 0.15) is 21.2 Å². The number of carbonyl (C=O) groups excluding carboxylic acids is 4. The molecule has 12 nitrogen and oxygen atoms in total. The molecule has 0 spiro atoms. The van der Waals surface area contributed by atoms with E-state index in [4.69, 9.17) is 5.73 Å². The summed E-state index contributed by atoms with van der Waals surface area (Å²) in [6.07, 6.45) is 3.07. The predicted octanol–water partition coefficient (Wildman–Crippen LogP) is -5.23. The van der Waals surface area contributed by atoms with Gasteiger partial charge in [-0.1, -0.05) is 30.3 Å². The summed E-state index contributed by atoms with van der Waals surface area (Å²) in [4.78, 5) is 49.8. The minimum absolute atomic E-state index is 0. The Hall–Kier alpha value is -2.75. The second-order valence-corrected chi connectivity index (χ2v) is 10.6. The first-order chi connectivity index (χ1) is 17.0. The minimum atomic E-state index is -5.11. The summed E-state index contributed by atoms with van der Waals surface area (Å²) in [5.41, 5.74) is 5.44. The van der Waals surface area contributed by atoms with Crippen molar-refractivity contribution < 1.29 is 71.4 Å². The Balaban J connectivity index is 0.00000380. The number of rotatable bonds is 8. The van der Waals surface area contributed by atoms with Gasteiger partial charge >= 0.3 is 29.6 Å². The maximum atomic E-state index is 12.9. The van der Waals surface area contributed by atoms with Crippen LogP contribution in [-0.4, -0.2) is 58.7 Å². The fourth-order valence-corrected chi connectivity index (χ4v) is 6.20. The van der Waals surface area contributed by atoms with E-state index >= 15 is 0 Å². The van der Waals surface area contributed by atoms with E-state index in [0.29, 0.717) is 5.57 Å². The SMILES string of the molecule is NC(=O)c1cc[n+](CC2=C(C(=O)[O-])N3C(=O)[C@@H](NC(=O)[C@H](c4ccccc4)S(=O)(=O)[O-])[C@@H]3SC2)cc1.[Na+]. The Morgan fingerprint density at radius 2 is 1.78 bits per heavy atom. The van der Waals surface area contributed by atoms with E-state index in [2.05, 4.69) is 5.32 Å². The third-order valence-corrected chi connectivity index (χ3v) is 8.12. The van der Waals surface area contributed by atoms with E-state index in [1.54, 1.807) is 10.6 Å². The molecule has 0 aliphatic carbocycles. The summed E-state index contributed by atoms with van der Waals surface area (Å²) < 4.78 is 37.0. The summed E-state index contributed by atoms with van der Waals surface area (Å²) >= 11 is 1.16. The topological polar surface area (TPSA) is 194 Å². The molecule has 0 unspecified atom stereocenters. The van der Waals surface area contributed by atoms with Gasteiger partial charge in [-0.15, -0.1) is 11.8 Å². The smallest absolute Gasteiger partial charge is 0.747 e. The predicted molar refractivity (Wildman–Crippen MR) is 121 cm³/mol. The molecule has 1 fully saturated rings. The number of amides is 3. The van der Waals surface area contributed by atoms with E-state index in [1.807, 2.05) is 0 Å². The van der Waals surface area contributed by atoms with Crippen molar-refractivity contribution in [1.29, 1.82) is 0 Å². The van der Waals surface area contributed by atoms with Crippen LogP contribution in [-0.2, 0) is 31.0 Å². The second kappa shape index (κ2) is 11.3. The molecule has 4 rings (SSSR count). The molecule has 0 bridgehead atoms. The summed E-state index contributed by atoms with van der Waals surface area (Å²) in [6, 6.07) is 8.83. The average Bonchev–Trinajstić information content (AvgIpc) is 2.82. The van der Waals surface area contributed by atoms with E-state index in [9.17, 15) is 37.3 Å². The number of nitrogens with one attached hydrogen (secondary N) is 1. The zero-order valence-corrected chi connectivity index (χ0v) is 23.0. The van der Waals surface area contributed by atoms with Gasteiger partial charge in [0.2, 0.25) is 11.8 Å². The molecule has 3 heterocycles. The molecule has 15 heteroatoms. The molecule has 0 radical (unpaired) electrons. The third-order valence-electron chi connectivity index (χ3n) is 5.72. The van der Waals surface area contributed by atoms with Crippen molar-refractivity contribution >= 4 is 45.6 Å². The van der Waals surface area contributed by atoms with E-state index in [0.717, 1.165) is 16.7 Å². The van der Waals surface area contributed by atoms with E-state index < -0.39 is 50.5 Å². The molecule has 0 saturated carbocycles. The number of fused-ring (bicyclic) bond motifs is 1. The molecule has 3 atom stereocenters. The fraction of sp³-hybridized carbons (Fsp3) is 0.227. The van der Waals surface area contributed by atoms with Crippen molar-refractivity contribution in [2.24, 2.45) is 5.73 Å². The number of thioether (sulfide) groups is 1. The van der Waals surface area contributed by atoms with Crippen molar-refractivity contribution in [1.82, 2.24) is 10.2 Å². The number of hydrogen-bond donors (Lipinski definition) is 2. The van der Waals surface area contributed by atoms with Crippen LogP contribution in [0.5, 0.6) is 0 Å². The standard InChI is InChI=1S/C22H20N4O8S2.Na/c23-18(27)13-6-8-25(9-7-13)10-14-11-35-21-15(20(29)26(21)16(14)22(30)31)24-19(28)17(36(32,33)34)12-4-2-1-3-5-12;/h1-9,15,17,21H,10-11H2,(H4-,23,24,27,28,30,31,32,33,34);/q;+1/p-1/t15-,17+,21+;/m1./s1. The Bertz CT molecular complexity index is 1380. The summed E-state index contributed by atoms with van der Waals surface area (Å²) in [6.45, 7) is 0.0768. The van der Waals surface area contributed by atoms with Gasteiger partial charge in [-0.2, -0.15) is 0 Å². The molecule has 1 saturated heterocycles. The van der Waals surface area contributed by atoms with Crippen LogP contribution in [0.25, 0.3) is 0 Å². The summed E-state index contributed by atoms with van der Waals surface area (Å²) in [7, 11) is -5.11. The number of benzene rings is 1. The van der Waals surface area contributed by atoms with Crippen molar-refractivity contribution in [3.8, 4) is 0 Å². The number of carboxylic acid groups (broad SMARTS) is 1. The average molecular weight is 555 g/mol. The largest absolute Gasteiger partial charge is 1.00 e. The molecule has 2 aliphatic heterocycles. The van der Waals surface area contributed by atoms with Crippen LogP contribution in [0, 0.1) is 0 Å². The van der Waals surface area contributed by atoms with Crippen molar-refractivity contribution in [3.05, 3.63) is 77.3 Å². The first-order valence-corrected chi connectivity index (χ1v) is 13.0. The molecular weight excluding hydrogens is 535 g/mol. The van der Waals surface area contributed by atoms with Gasteiger partial charge in [-0.3, -0.25) is 19.3 Å². The Kier molecular flexibility index (Phi) is 8.82. The van der Waals surface area contributed by atoms with Gasteiger partial charge in [-0.25, -0.2) is 13.0 Å². The molecule has 2 aromatic rings. The first kappa shape index (κ1) is 28.8. The maximum Gasteiger partial charge on any atom is 1.00 e. The van der Waals surface area contributed by atoms with Crippen molar-refractivity contribution in [3.63, 3.8) is 0 Å². The molecule has 37 heavy (non-hydrogen) atoms. The fourth-order valence-electron chi connectivity index (χ4n) is 4.05. The number of carbonyl (C=O) groups is 4. The number of nitrogens with zero attached hydrogens (tertiary/aromatic N) is 2. The van der Waals surface area contributed by atoms with Gasteiger partial charge < -0.3 is 25.5 Å². The zero-order valence-electron chi connectivity index (χ0n) is 19.4.